The number of imidazole rings is 1. The second-order valence-electron chi connectivity index (χ2n) is 6.34. The molecule has 0 bridgehead atoms. The number of H-pyrrole nitrogens is 1. The molecule has 0 fully saturated rings. The summed E-state index contributed by atoms with van der Waals surface area (Å²) in [4.78, 5) is 6.91. The number of halogens is 1. The van der Waals surface area contributed by atoms with Gasteiger partial charge in [-0.1, -0.05) is 97.6 Å². The van der Waals surface area contributed by atoms with E-state index in [-0.39, 0.29) is 0 Å². The molecule has 0 aliphatic rings. The van der Waals surface area contributed by atoms with Gasteiger partial charge in [-0.05, 0) is 22.8 Å². The van der Waals surface area contributed by atoms with Crippen LogP contribution in [0.1, 0.15) is 28.1 Å². The van der Waals surface area contributed by atoms with Crippen molar-refractivity contribution in [1.82, 2.24) is 9.97 Å². The summed E-state index contributed by atoms with van der Waals surface area (Å²) >= 11 is 0. The first-order chi connectivity index (χ1) is 13.3. The zero-order valence-electron chi connectivity index (χ0n) is 14.8. The first-order valence-corrected chi connectivity index (χ1v) is 8.82. The van der Waals surface area contributed by atoms with Crippen molar-refractivity contribution in [3.63, 3.8) is 0 Å². The number of aromatic amines is 1. The first kappa shape index (κ1) is 17.0. The molecule has 0 unspecified atom stereocenters. The van der Waals surface area contributed by atoms with E-state index in [1.807, 2.05) is 54.6 Å². The maximum absolute atomic E-state index is 14.2. The SMILES string of the molecule is C=Cc1nc(F)[nH]c1C(c1ccccc1)(c1ccccc1)c1ccccc1. The van der Waals surface area contributed by atoms with Crippen LogP contribution in [-0.4, -0.2) is 9.97 Å². The van der Waals surface area contributed by atoms with Gasteiger partial charge in [0.15, 0.2) is 0 Å². The lowest BCUT2D eigenvalue weighted by Gasteiger charge is -2.35. The van der Waals surface area contributed by atoms with E-state index in [1.165, 1.54) is 0 Å². The maximum Gasteiger partial charge on any atom is 0.287 e. The molecule has 0 atom stereocenters. The zero-order chi connectivity index (χ0) is 18.7. The molecule has 0 aliphatic heterocycles. The third-order valence-electron chi connectivity index (χ3n) is 4.89. The highest BCUT2D eigenvalue weighted by atomic mass is 19.1. The molecule has 4 aromatic rings. The van der Waals surface area contributed by atoms with Gasteiger partial charge in [0.25, 0.3) is 6.08 Å². The smallest absolute Gasteiger partial charge is 0.287 e. The van der Waals surface area contributed by atoms with Gasteiger partial charge in [-0.25, -0.2) is 4.98 Å². The lowest BCUT2D eigenvalue weighted by Crippen LogP contribution is -2.32. The van der Waals surface area contributed by atoms with Crippen LogP contribution in [0.15, 0.2) is 97.6 Å². The van der Waals surface area contributed by atoms with Crippen LogP contribution < -0.4 is 0 Å². The van der Waals surface area contributed by atoms with Gasteiger partial charge >= 0.3 is 0 Å². The van der Waals surface area contributed by atoms with Crippen molar-refractivity contribution in [3.05, 3.63) is 132 Å². The Morgan fingerprint density at radius 1 is 0.741 bits per heavy atom. The van der Waals surface area contributed by atoms with E-state index in [0.717, 1.165) is 16.7 Å². The van der Waals surface area contributed by atoms with Crippen molar-refractivity contribution >= 4 is 6.08 Å². The molecule has 2 nitrogen and oxygen atoms in total. The van der Waals surface area contributed by atoms with E-state index in [2.05, 4.69) is 52.9 Å². The standard InChI is InChI=1S/C24H19FN2/c1-2-21-22(27-23(25)26-21)24(18-12-6-3-7-13-18,19-14-8-4-9-15-19)20-16-10-5-11-17-20/h2-17H,1H2,(H,26,27). The van der Waals surface area contributed by atoms with Crippen LogP contribution >= 0.6 is 0 Å². The molecule has 4 rings (SSSR count). The molecule has 1 heterocycles. The van der Waals surface area contributed by atoms with Crippen LogP contribution in [0, 0.1) is 6.08 Å². The number of benzene rings is 3. The largest absolute Gasteiger partial charge is 0.316 e. The summed E-state index contributed by atoms with van der Waals surface area (Å²) in [5, 5.41) is 0. The maximum atomic E-state index is 14.2. The van der Waals surface area contributed by atoms with Crippen molar-refractivity contribution in [2.45, 2.75) is 5.41 Å². The number of rotatable bonds is 5. The topological polar surface area (TPSA) is 28.7 Å². The Bertz CT molecular complexity index is 941. The van der Waals surface area contributed by atoms with Gasteiger partial charge in [-0.15, -0.1) is 0 Å². The van der Waals surface area contributed by atoms with Crippen LogP contribution in [0.5, 0.6) is 0 Å². The van der Waals surface area contributed by atoms with E-state index in [1.54, 1.807) is 6.08 Å². The van der Waals surface area contributed by atoms with Gasteiger partial charge in [0.05, 0.1) is 16.8 Å². The molecule has 0 radical (unpaired) electrons. The van der Waals surface area contributed by atoms with Crippen molar-refractivity contribution < 1.29 is 4.39 Å². The molecule has 132 valence electrons. The lowest BCUT2D eigenvalue weighted by atomic mass is 9.66. The average molecular weight is 354 g/mol. The van der Waals surface area contributed by atoms with Gasteiger partial charge in [-0.2, -0.15) is 4.39 Å². The number of nitrogens with one attached hydrogen (secondary N) is 1. The summed E-state index contributed by atoms with van der Waals surface area (Å²) in [6, 6.07) is 30.3. The van der Waals surface area contributed by atoms with Crippen molar-refractivity contribution in [2.24, 2.45) is 0 Å². The lowest BCUT2D eigenvalue weighted by molar-refractivity contribution is 0.545. The number of hydrogen-bond acceptors (Lipinski definition) is 1. The first-order valence-electron chi connectivity index (χ1n) is 8.82. The normalized spacial score (nSPS) is 11.3. The van der Waals surface area contributed by atoms with Gasteiger partial charge in [0.1, 0.15) is 0 Å². The molecule has 0 spiro atoms. The molecule has 1 aromatic heterocycles. The molecular formula is C24H19FN2. The fraction of sp³-hybridized carbons (Fsp3) is 0.0417. The number of nitrogens with zero attached hydrogens (tertiary/aromatic N) is 1. The predicted molar refractivity (Wildman–Crippen MR) is 107 cm³/mol. The minimum absolute atomic E-state index is 0.504. The Morgan fingerprint density at radius 3 is 1.52 bits per heavy atom. The summed E-state index contributed by atoms with van der Waals surface area (Å²) < 4.78 is 14.2. The molecule has 0 saturated carbocycles. The highest BCUT2D eigenvalue weighted by molar-refractivity contribution is 5.63. The molecule has 3 aromatic carbocycles. The van der Waals surface area contributed by atoms with E-state index < -0.39 is 11.5 Å². The second kappa shape index (κ2) is 7.04. The van der Waals surface area contributed by atoms with Crippen LogP contribution in [0.3, 0.4) is 0 Å². The van der Waals surface area contributed by atoms with Crippen LogP contribution in [-0.2, 0) is 5.41 Å². The number of hydrogen-bond donors (Lipinski definition) is 1. The van der Waals surface area contributed by atoms with E-state index in [9.17, 15) is 4.39 Å². The highest BCUT2D eigenvalue weighted by Gasteiger charge is 2.41. The Hall–Kier alpha value is -3.46. The van der Waals surface area contributed by atoms with E-state index in [4.69, 9.17) is 0 Å². The molecule has 1 N–H and O–H groups in total. The van der Waals surface area contributed by atoms with Gasteiger partial charge < -0.3 is 4.98 Å². The van der Waals surface area contributed by atoms with E-state index >= 15 is 0 Å². The summed E-state index contributed by atoms with van der Waals surface area (Å²) in [7, 11) is 0. The molecular weight excluding hydrogens is 335 g/mol. The summed E-state index contributed by atoms with van der Waals surface area (Å²) in [6.07, 6.45) is 0.977. The molecule has 0 aliphatic carbocycles. The summed E-state index contributed by atoms with van der Waals surface area (Å²) in [5.74, 6) is 0. The predicted octanol–water partition coefficient (Wildman–Crippen LogP) is 5.57. The summed E-state index contributed by atoms with van der Waals surface area (Å²) in [5.41, 5.74) is 3.49. The molecule has 0 saturated heterocycles. The molecule has 27 heavy (non-hydrogen) atoms. The van der Waals surface area contributed by atoms with Crippen LogP contribution in [0.25, 0.3) is 6.08 Å². The Kier molecular flexibility index (Phi) is 4.43. The fourth-order valence-corrected chi connectivity index (χ4v) is 3.79. The second-order valence-corrected chi connectivity index (χ2v) is 6.34. The number of aromatic nitrogens is 2. The zero-order valence-corrected chi connectivity index (χ0v) is 14.8. The van der Waals surface area contributed by atoms with Gasteiger partial charge in [0.2, 0.25) is 0 Å². The molecule has 3 heteroatoms. The Balaban J connectivity index is 2.18. The monoisotopic (exact) mass is 354 g/mol. The summed E-state index contributed by atoms with van der Waals surface area (Å²) in [6.45, 7) is 3.85. The van der Waals surface area contributed by atoms with Crippen LogP contribution in [0.2, 0.25) is 0 Å². The fourth-order valence-electron chi connectivity index (χ4n) is 3.79. The van der Waals surface area contributed by atoms with Crippen molar-refractivity contribution in [3.8, 4) is 0 Å². The minimum atomic E-state index is -0.745. The average Bonchev–Trinajstić information content (AvgIpc) is 3.12. The van der Waals surface area contributed by atoms with Crippen LogP contribution in [0.4, 0.5) is 4.39 Å². The van der Waals surface area contributed by atoms with Gasteiger partial charge in [-0.3, -0.25) is 0 Å². The Labute approximate surface area is 158 Å². The van der Waals surface area contributed by atoms with Crippen molar-refractivity contribution in [1.29, 1.82) is 0 Å². The Morgan fingerprint density at radius 2 is 1.15 bits per heavy atom. The molecule has 0 amide bonds. The van der Waals surface area contributed by atoms with Gasteiger partial charge in [0, 0.05) is 0 Å². The third-order valence-corrected chi connectivity index (χ3v) is 4.89. The quantitative estimate of drug-likeness (QED) is 0.466. The third kappa shape index (κ3) is 2.77. The van der Waals surface area contributed by atoms with Crippen molar-refractivity contribution in [2.75, 3.05) is 0 Å². The minimum Gasteiger partial charge on any atom is -0.316 e. The van der Waals surface area contributed by atoms with E-state index in [0.29, 0.717) is 11.4 Å². The highest BCUT2D eigenvalue weighted by Crippen LogP contribution is 2.45.